The molecule has 0 radical (unpaired) electrons. The third kappa shape index (κ3) is 4.12. The summed E-state index contributed by atoms with van der Waals surface area (Å²) < 4.78 is 0. The van der Waals surface area contributed by atoms with Crippen LogP contribution in [0.4, 0.5) is 4.79 Å². The van der Waals surface area contributed by atoms with E-state index in [0.717, 1.165) is 19.3 Å². The normalized spacial score (nSPS) is 22.2. The van der Waals surface area contributed by atoms with E-state index in [1.54, 1.807) is 0 Å². The Balaban J connectivity index is 1.77. The summed E-state index contributed by atoms with van der Waals surface area (Å²) in [6.07, 6.45) is 8.04. The first-order valence-corrected chi connectivity index (χ1v) is 7.81. The zero-order valence-corrected chi connectivity index (χ0v) is 12.3. The van der Waals surface area contributed by atoms with Crippen molar-refractivity contribution in [3.63, 3.8) is 0 Å². The van der Waals surface area contributed by atoms with Crippen LogP contribution in [-0.2, 0) is 4.79 Å². The maximum atomic E-state index is 12.0. The van der Waals surface area contributed by atoms with Gasteiger partial charge in [0, 0.05) is 12.6 Å². The van der Waals surface area contributed by atoms with Crippen LogP contribution in [0.3, 0.4) is 0 Å². The number of rotatable bonds is 7. The molecule has 2 fully saturated rings. The van der Waals surface area contributed by atoms with Gasteiger partial charge in [0.2, 0.25) is 0 Å². The molecule has 20 heavy (non-hydrogen) atoms. The van der Waals surface area contributed by atoms with Crippen molar-refractivity contribution < 1.29 is 14.7 Å². The lowest BCUT2D eigenvalue weighted by Gasteiger charge is -2.28. The van der Waals surface area contributed by atoms with Crippen LogP contribution >= 0.6 is 0 Å². The number of carbonyl (C=O) groups is 2. The number of nitrogens with one attached hydrogen (secondary N) is 2. The molecule has 114 valence electrons. The molecule has 2 rings (SSSR count). The maximum Gasteiger partial charge on any atom is 0.315 e. The molecule has 3 N–H and O–H groups in total. The van der Waals surface area contributed by atoms with Crippen molar-refractivity contribution in [3.05, 3.63) is 0 Å². The topological polar surface area (TPSA) is 78.4 Å². The van der Waals surface area contributed by atoms with Crippen LogP contribution in [0, 0.1) is 11.3 Å². The highest BCUT2D eigenvalue weighted by atomic mass is 16.4. The van der Waals surface area contributed by atoms with Gasteiger partial charge < -0.3 is 15.7 Å². The fourth-order valence-electron chi connectivity index (χ4n) is 3.29. The molecule has 5 heteroatoms. The standard InChI is InChI=1S/C15H26N2O3/c1-2-15(7-3-4-8-15)10-16-14(20)17-12(9-13(18)19)11-5-6-11/h11-12H,2-10H2,1H3,(H,18,19)(H2,16,17,20). The van der Waals surface area contributed by atoms with Crippen molar-refractivity contribution in [1.82, 2.24) is 10.6 Å². The monoisotopic (exact) mass is 282 g/mol. The molecule has 0 saturated heterocycles. The molecular formula is C15H26N2O3. The van der Waals surface area contributed by atoms with E-state index < -0.39 is 5.97 Å². The molecule has 0 spiro atoms. The van der Waals surface area contributed by atoms with Crippen LogP contribution in [0.1, 0.15) is 58.3 Å². The van der Waals surface area contributed by atoms with Crippen LogP contribution in [0.2, 0.25) is 0 Å². The smallest absolute Gasteiger partial charge is 0.315 e. The van der Waals surface area contributed by atoms with Gasteiger partial charge in [-0.2, -0.15) is 0 Å². The third-order valence-electron chi connectivity index (χ3n) is 4.94. The highest BCUT2D eigenvalue weighted by Gasteiger charge is 2.35. The van der Waals surface area contributed by atoms with Crippen LogP contribution in [0.15, 0.2) is 0 Å². The molecule has 0 aromatic heterocycles. The van der Waals surface area contributed by atoms with E-state index in [0.29, 0.717) is 12.5 Å². The van der Waals surface area contributed by atoms with E-state index in [1.165, 1.54) is 25.7 Å². The van der Waals surface area contributed by atoms with E-state index in [1.807, 2.05) is 0 Å². The van der Waals surface area contributed by atoms with Crippen LogP contribution in [0.5, 0.6) is 0 Å². The number of carboxylic acid groups (broad SMARTS) is 1. The summed E-state index contributed by atoms with van der Waals surface area (Å²) in [4.78, 5) is 22.8. The van der Waals surface area contributed by atoms with E-state index in [9.17, 15) is 9.59 Å². The predicted molar refractivity (Wildman–Crippen MR) is 76.5 cm³/mol. The van der Waals surface area contributed by atoms with Gasteiger partial charge in [-0.1, -0.05) is 19.8 Å². The Morgan fingerprint density at radius 1 is 1.30 bits per heavy atom. The van der Waals surface area contributed by atoms with Gasteiger partial charge in [-0.15, -0.1) is 0 Å². The SMILES string of the molecule is CCC1(CNC(=O)NC(CC(=O)O)C2CC2)CCCC1. The summed E-state index contributed by atoms with van der Waals surface area (Å²) in [5.41, 5.74) is 0.263. The van der Waals surface area contributed by atoms with E-state index >= 15 is 0 Å². The van der Waals surface area contributed by atoms with Gasteiger partial charge in [0.05, 0.1) is 6.42 Å². The molecule has 0 aromatic carbocycles. The average molecular weight is 282 g/mol. The Morgan fingerprint density at radius 3 is 2.45 bits per heavy atom. The summed E-state index contributed by atoms with van der Waals surface area (Å²) in [5, 5.41) is 14.7. The Labute approximate surface area is 120 Å². The van der Waals surface area contributed by atoms with Gasteiger partial charge in [0.1, 0.15) is 0 Å². The van der Waals surface area contributed by atoms with Gasteiger partial charge in [0.15, 0.2) is 0 Å². The zero-order chi connectivity index (χ0) is 14.6. The predicted octanol–water partition coefficient (Wildman–Crippen LogP) is 2.51. The minimum absolute atomic E-state index is 0.0248. The Bertz CT molecular complexity index is 360. The van der Waals surface area contributed by atoms with Crippen LogP contribution < -0.4 is 10.6 Å². The summed E-state index contributed by atoms with van der Waals surface area (Å²) in [5.74, 6) is -0.494. The van der Waals surface area contributed by atoms with Crippen molar-refractivity contribution in [1.29, 1.82) is 0 Å². The third-order valence-corrected chi connectivity index (χ3v) is 4.94. The lowest BCUT2D eigenvalue weighted by atomic mass is 9.83. The molecule has 0 aliphatic heterocycles. The lowest BCUT2D eigenvalue weighted by molar-refractivity contribution is -0.137. The molecule has 1 atom stereocenters. The first-order valence-electron chi connectivity index (χ1n) is 7.81. The first kappa shape index (κ1) is 15.1. The van der Waals surface area contributed by atoms with Crippen molar-refractivity contribution in [2.75, 3.05) is 6.54 Å². The quantitative estimate of drug-likeness (QED) is 0.671. The van der Waals surface area contributed by atoms with E-state index in [4.69, 9.17) is 5.11 Å². The lowest BCUT2D eigenvalue weighted by Crippen LogP contribution is -2.47. The Kier molecular flexibility index (Phi) is 4.89. The highest BCUT2D eigenvalue weighted by molar-refractivity contribution is 5.75. The maximum absolute atomic E-state index is 12.0. The summed E-state index contributed by atoms with van der Waals surface area (Å²) in [6, 6.07) is -0.420. The van der Waals surface area contributed by atoms with Gasteiger partial charge in [0.25, 0.3) is 0 Å². The van der Waals surface area contributed by atoms with Gasteiger partial charge in [-0.3, -0.25) is 4.79 Å². The summed E-state index contributed by atoms with van der Waals surface area (Å²) >= 11 is 0. The second-order valence-electron chi connectivity index (χ2n) is 6.43. The first-order chi connectivity index (χ1) is 9.54. The Hall–Kier alpha value is -1.26. The number of hydrogen-bond donors (Lipinski definition) is 3. The molecule has 0 aromatic rings. The van der Waals surface area contributed by atoms with Crippen molar-refractivity contribution in [3.8, 4) is 0 Å². The minimum Gasteiger partial charge on any atom is -0.481 e. The minimum atomic E-state index is -0.844. The number of amides is 2. The summed E-state index contributed by atoms with van der Waals surface area (Å²) in [7, 11) is 0. The Morgan fingerprint density at radius 2 is 1.95 bits per heavy atom. The fourth-order valence-corrected chi connectivity index (χ4v) is 3.29. The number of carbonyl (C=O) groups excluding carboxylic acids is 1. The number of carboxylic acids is 1. The highest BCUT2D eigenvalue weighted by Crippen LogP contribution is 2.40. The molecule has 2 amide bonds. The van der Waals surface area contributed by atoms with Gasteiger partial charge in [-0.05, 0) is 43.4 Å². The molecule has 2 aliphatic carbocycles. The number of urea groups is 1. The molecule has 2 saturated carbocycles. The van der Waals surface area contributed by atoms with Gasteiger partial charge in [-0.25, -0.2) is 4.79 Å². The van der Waals surface area contributed by atoms with E-state index in [2.05, 4.69) is 17.6 Å². The van der Waals surface area contributed by atoms with Crippen molar-refractivity contribution in [2.45, 2.75) is 64.3 Å². The van der Waals surface area contributed by atoms with E-state index in [-0.39, 0.29) is 23.9 Å². The van der Waals surface area contributed by atoms with Crippen LogP contribution in [-0.4, -0.2) is 29.7 Å². The average Bonchev–Trinajstić information content (AvgIpc) is 3.15. The molecule has 5 nitrogen and oxygen atoms in total. The van der Waals surface area contributed by atoms with Gasteiger partial charge >= 0.3 is 12.0 Å². The van der Waals surface area contributed by atoms with Crippen molar-refractivity contribution >= 4 is 12.0 Å². The fraction of sp³-hybridized carbons (Fsp3) is 0.867. The summed E-state index contributed by atoms with van der Waals surface area (Å²) in [6.45, 7) is 2.89. The largest absolute Gasteiger partial charge is 0.481 e. The second kappa shape index (κ2) is 6.46. The second-order valence-corrected chi connectivity index (χ2v) is 6.43. The molecule has 0 bridgehead atoms. The van der Waals surface area contributed by atoms with Crippen LogP contribution in [0.25, 0.3) is 0 Å². The molecular weight excluding hydrogens is 256 g/mol. The molecule has 1 unspecified atom stereocenters. The molecule has 0 heterocycles. The zero-order valence-electron chi connectivity index (χ0n) is 12.3. The molecule has 2 aliphatic rings. The number of aliphatic carboxylic acids is 1. The number of hydrogen-bond acceptors (Lipinski definition) is 2. The van der Waals surface area contributed by atoms with Crippen molar-refractivity contribution in [2.24, 2.45) is 11.3 Å².